The number of hydrogen-bond acceptors (Lipinski definition) is 4. The van der Waals surface area contributed by atoms with Crippen LogP contribution in [0.25, 0.3) is 0 Å². The molecule has 26 heavy (non-hydrogen) atoms. The average molecular weight is 362 g/mol. The van der Waals surface area contributed by atoms with E-state index in [2.05, 4.69) is 0 Å². The summed E-state index contributed by atoms with van der Waals surface area (Å²) in [5.41, 5.74) is 0.941. The zero-order valence-electron chi connectivity index (χ0n) is 16.4. The van der Waals surface area contributed by atoms with Crippen molar-refractivity contribution in [2.24, 2.45) is 11.8 Å². The Balaban J connectivity index is 1.95. The summed E-state index contributed by atoms with van der Waals surface area (Å²) in [7, 11) is 5.04. The lowest BCUT2D eigenvalue weighted by molar-refractivity contribution is -0.141. The van der Waals surface area contributed by atoms with E-state index in [1.165, 1.54) is 0 Å². The Morgan fingerprint density at radius 2 is 1.85 bits per heavy atom. The van der Waals surface area contributed by atoms with E-state index >= 15 is 0 Å². The molecule has 144 valence electrons. The van der Waals surface area contributed by atoms with Crippen LogP contribution in [0.4, 0.5) is 0 Å². The van der Waals surface area contributed by atoms with Crippen molar-refractivity contribution < 1.29 is 19.1 Å². The van der Waals surface area contributed by atoms with E-state index in [0.29, 0.717) is 25.4 Å². The minimum absolute atomic E-state index is 0.00691. The first-order chi connectivity index (χ1) is 12.4. The van der Waals surface area contributed by atoms with Crippen molar-refractivity contribution in [2.45, 2.75) is 33.2 Å². The number of nitrogens with zero attached hydrogens (tertiary/aromatic N) is 2. The molecule has 2 amide bonds. The van der Waals surface area contributed by atoms with Crippen LogP contribution in [0.3, 0.4) is 0 Å². The Hall–Kier alpha value is -2.24. The third-order valence-corrected chi connectivity index (χ3v) is 4.93. The van der Waals surface area contributed by atoms with Crippen LogP contribution < -0.4 is 9.47 Å². The fourth-order valence-electron chi connectivity index (χ4n) is 3.34. The maximum atomic E-state index is 12.8. The predicted octanol–water partition coefficient (Wildman–Crippen LogP) is 2.56. The number of ether oxygens (including phenoxy) is 2. The summed E-state index contributed by atoms with van der Waals surface area (Å²) < 4.78 is 10.6. The molecule has 6 heteroatoms. The molecule has 1 heterocycles. The predicted molar refractivity (Wildman–Crippen MR) is 100 cm³/mol. The van der Waals surface area contributed by atoms with Crippen LogP contribution in [0.15, 0.2) is 18.2 Å². The number of methoxy groups -OCH3 is 2. The molecule has 1 aromatic rings. The van der Waals surface area contributed by atoms with Gasteiger partial charge in [-0.1, -0.05) is 13.8 Å². The normalized spacial score (nSPS) is 15.1. The third kappa shape index (κ3) is 4.68. The highest BCUT2D eigenvalue weighted by Crippen LogP contribution is 2.27. The SMILES string of the molecule is COc1ccc(CN(C)C(=O)C2CCN(C(=O)C(C)C)CC2)c(OC)c1. The van der Waals surface area contributed by atoms with Crippen LogP contribution in [0, 0.1) is 11.8 Å². The number of piperidine rings is 1. The van der Waals surface area contributed by atoms with Gasteiger partial charge in [0, 0.05) is 50.1 Å². The molecule has 0 radical (unpaired) electrons. The highest BCUT2D eigenvalue weighted by atomic mass is 16.5. The van der Waals surface area contributed by atoms with Gasteiger partial charge in [-0.3, -0.25) is 9.59 Å². The topological polar surface area (TPSA) is 59.1 Å². The number of amides is 2. The van der Waals surface area contributed by atoms with Gasteiger partial charge in [-0.05, 0) is 25.0 Å². The molecular weight excluding hydrogens is 332 g/mol. The minimum atomic E-state index is -0.0274. The van der Waals surface area contributed by atoms with Gasteiger partial charge in [0.25, 0.3) is 0 Å². The monoisotopic (exact) mass is 362 g/mol. The summed E-state index contributed by atoms with van der Waals surface area (Å²) in [5, 5.41) is 0. The molecule has 0 saturated carbocycles. The van der Waals surface area contributed by atoms with Gasteiger partial charge in [-0.2, -0.15) is 0 Å². The molecule has 6 nitrogen and oxygen atoms in total. The molecule has 0 aliphatic carbocycles. The molecule has 2 rings (SSSR count). The van der Waals surface area contributed by atoms with E-state index in [-0.39, 0.29) is 23.7 Å². The Bertz CT molecular complexity index is 637. The van der Waals surface area contributed by atoms with Gasteiger partial charge >= 0.3 is 0 Å². The smallest absolute Gasteiger partial charge is 0.225 e. The van der Waals surface area contributed by atoms with E-state index in [4.69, 9.17) is 9.47 Å². The van der Waals surface area contributed by atoms with Gasteiger partial charge < -0.3 is 19.3 Å². The Labute approximate surface area is 156 Å². The Kier molecular flexibility index (Phi) is 6.89. The van der Waals surface area contributed by atoms with Gasteiger partial charge in [-0.25, -0.2) is 0 Å². The van der Waals surface area contributed by atoms with Gasteiger partial charge in [0.15, 0.2) is 0 Å². The second-order valence-electron chi connectivity index (χ2n) is 7.13. The molecule has 0 atom stereocenters. The summed E-state index contributed by atoms with van der Waals surface area (Å²) in [6.45, 7) is 5.63. The summed E-state index contributed by atoms with van der Waals surface area (Å²) in [6, 6.07) is 5.61. The molecule has 0 spiro atoms. The molecule has 0 unspecified atom stereocenters. The summed E-state index contributed by atoms with van der Waals surface area (Å²) in [5.74, 6) is 1.71. The highest BCUT2D eigenvalue weighted by Gasteiger charge is 2.30. The molecule has 1 aliphatic rings. The van der Waals surface area contributed by atoms with Gasteiger partial charge in [0.05, 0.1) is 14.2 Å². The zero-order chi connectivity index (χ0) is 19.3. The number of carbonyl (C=O) groups is 2. The second-order valence-corrected chi connectivity index (χ2v) is 7.13. The number of benzene rings is 1. The van der Waals surface area contributed by atoms with E-state index < -0.39 is 0 Å². The first-order valence-corrected chi connectivity index (χ1v) is 9.12. The van der Waals surface area contributed by atoms with E-state index in [0.717, 1.165) is 24.2 Å². The lowest BCUT2D eigenvalue weighted by atomic mass is 9.94. The second kappa shape index (κ2) is 8.92. The number of likely N-dealkylation sites (tertiary alicyclic amines) is 1. The van der Waals surface area contributed by atoms with Crippen molar-refractivity contribution in [3.05, 3.63) is 23.8 Å². The Morgan fingerprint density at radius 3 is 2.38 bits per heavy atom. The summed E-state index contributed by atoms with van der Waals surface area (Å²) in [6.07, 6.45) is 1.45. The molecule has 1 saturated heterocycles. The van der Waals surface area contributed by atoms with Crippen molar-refractivity contribution in [3.63, 3.8) is 0 Å². The number of rotatable bonds is 6. The lowest BCUT2D eigenvalue weighted by Crippen LogP contribution is -2.44. The first-order valence-electron chi connectivity index (χ1n) is 9.12. The van der Waals surface area contributed by atoms with Crippen LogP contribution >= 0.6 is 0 Å². The van der Waals surface area contributed by atoms with E-state index in [1.807, 2.05) is 44.0 Å². The minimum Gasteiger partial charge on any atom is -0.497 e. The molecule has 1 aliphatic heterocycles. The van der Waals surface area contributed by atoms with Crippen LogP contribution in [-0.4, -0.2) is 56.0 Å². The maximum absolute atomic E-state index is 12.8. The average Bonchev–Trinajstić information content (AvgIpc) is 2.67. The zero-order valence-corrected chi connectivity index (χ0v) is 16.4. The van der Waals surface area contributed by atoms with Crippen molar-refractivity contribution in [3.8, 4) is 11.5 Å². The van der Waals surface area contributed by atoms with Crippen molar-refractivity contribution in [1.82, 2.24) is 9.80 Å². The van der Waals surface area contributed by atoms with E-state index in [1.54, 1.807) is 19.1 Å². The summed E-state index contributed by atoms with van der Waals surface area (Å²) in [4.78, 5) is 28.5. The largest absolute Gasteiger partial charge is 0.497 e. The summed E-state index contributed by atoms with van der Waals surface area (Å²) >= 11 is 0. The van der Waals surface area contributed by atoms with E-state index in [9.17, 15) is 9.59 Å². The van der Waals surface area contributed by atoms with Gasteiger partial charge in [0.2, 0.25) is 11.8 Å². The Morgan fingerprint density at radius 1 is 1.19 bits per heavy atom. The highest BCUT2D eigenvalue weighted by molar-refractivity contribution is 5.80. The van der Waals surface area contributed by atoms with Crippen molar-refractivity contribution in [1.29, 1.82) is 0 Å². The van der Waals surface area contributed by atoms with Crippen LogP contribution in [0.2, 0.25) is 0 Å². The molecule has 0 N–H and O–H groups in total. The molecule has 1 fully saturated rings. The quantitative estimate of drug-likeness (QED) is 0.780. The van der Waals surface area contributed by atoms with Crippen LogP contribution in [0.1, 0.15) is 32.3 Å². The fraction of sp³-hybridized carbons (Fsp3) is 0.600. The van der Waals surface area contributed by atoms with Crippen LogP contribution in [0.5, 0.6) is 11.5 Å². The van der Waals surface area contributed by atoms with Gasteiger partial charge in [0.1, 0.15) is 11.5 Å². The third-order valence-electron chi connectivity index (χ3n) is 4.93. The van der Waals surface area contributed by atoms with Gasteiger partial charge in [-0.15, -0.1) is 0 Å². The van der Waals surface area contributed by atoms with Crippen molar-refractivity contribution in [2.75, 3.05) is 34.4 Å². The molecule has 0 bridgehead atoms. The molecular formula is C20H30N2O4. The van der Waals surface area contributed by atoms with Crippen molar-refractivity contribution >= 4 is 11.8 Å². The molecule has 0 aromatic heterocycles. The first kappa shape index (κ1) is 20.1. The molecule has 1 aromatic carbocycles. The fourth-order valence-corrected chi connectivity index (χ4v) is 3.34. The standard InChI is InChI=1S/C20H30N2O4/c1-14(2)19(23)22-10-8-15(9-11-22)20(24)21(3)13-16-6-7-17(25-4)12-18(16)26-5/h6-7,12,14-15H,8-11,13H2,1-5H3. The number of carbonyl (C=O) groups excluding carboxylic acids is 2. The number of hydrogen-bond donors (Lipinski definition) is 0. The maximum Gasteiger partial charge on any atom is 0.225 e. The lowest BCUT2D eigenvalue weighted by Gasteiger charge is -2.34. The van der Waals surface area contributed by atoms with Crippen LogP contribution in [-0.2, 0) is 16.1 Å².